The van der Waals surface area contributed by atoms with Crippen LogP contribution in [0.3, 0.4) is 0 Å². The SMILES string of the molecule is COc1ccc(-n2nnnc2SCC(=O)N2CCCC2)cc1. The Bertz CT molecular complexity index is 637. The molecular formula is C14H17N5O2S. The van der Waals surface area contributed by atoms with Crippen LogP contribution in [0.15, 0.2) is 29.4 Å². The summed E-state index contributed by atoms with van der Waals surface area (Å²) in [6.07, 6.45) is 2.19. The number of carbonyl (C=O) groups is 1. The monoisotopic (exact) mass is 319 g/mol. The number of tetrazole rings is 1. The van der Waals surface area contributed by atoms with E-state index in [1.165, 1.54) is 11.8 Å². The molecule has 116 valence electrons. The van der Waals surface area contributed by atoms with Crippen LogP contribution in [0.2, 0.25) is 0 Å². The van der Waals surface area contributed by atoms with Gasteiger partial charge in [0.15, 0.2) is 0 Å². The van der Waals surface area contributed by atoms with E-state index in [9.17, 15) is 4.79 Å². The highest BCUT2D eigenvalue weighted by Crippen LogP contribution is 2.21. The third-order valence-corrected chi connectivity index (χ3v) is 4.45. The molecule has 0 atom stereocenters. The highest BCUT2D eigenvalue weighted by molar-refractivity contribution is 7.99. The van der Waals surface area contributed by atoms with Crippen molar-refractivity contribution in [2.24, 2.45) is 0 Å². The van der Waals surface area contributed by atoms with E-state index in [2.05, 4.69) is 15.5 Å². The summed E-state index contributed by atoms with van der Waals surface area (Å²) in [5.41, 5.74) is 0.835. The maximum atomic E-state index is 12.1. The zero-order valence-corrected chi connectivity index (χ0v) is 13.1. The van der Waals surface area contributed by atoms with Crippen molar-refractivity contribution >= 4 is 17.7 Å². The van der Waals surface area contributed by atoms with Crippen LogP contribution in [0.5, 0.6) is 5.75 Å². The average molecular weight is 319 g/mol. The number of carbonyl (C=O) groups excluding carboxylic acids is 1. The number of methoxy groups -OCH3 is 1. The van der Waals surface area contributed by atoms with Gasteiger partial charge in [-0.25, -0.2) is 0 Å². The van der Waals surface area contributed by atoms with Gasteiger partial charge in [-0.3, -0.25) is 4.79 Å². The minimum Gasteiger partial charge on any atom is -0.497 e. The van der Waals surface area contributed by atoms with Crippen LogP contribution < -0.4 is 4.74 Å². The number of aromatic nitrogens is 4. The van der Waals surface area contributed by atoms with E-state index in [1.54, 1.807) is 11.8 Å². The molecular weight excluding hydrogens is 302 g/mol. The van der Waals surface area contributed by atoms with Gasteiger partial charge in [0, 0.05) is 13.1 Å². The first kappa shape index (κ1) is 14.8. The van der Waals surface area contributed by atoms with Gasteiger partial charge in [-0.15, -0.1) is 5.10 Å². The fraction of sp³-hybridized carbons (Fsp3) is 0.429. The molecule has 2 aromatic rings. The van der Waals surface area contributed by atoms with Crippen molar-refractivity contribution in [2.75, 3.05) is 26.0 Å². The molecule has 1 fully saturated rings. The van der Waals surface area contributed by atoms with Gasteiger partial charge in [-0.05, 0) is 47.5 Å². The molecule has 1 aromatic heterocycles. The molecule has 0 bridgehead atoms. The topological polar surface area (TPSA) is 73.1 Å². The van der Waals surface area contributed by atoms with Gasteiger partial charge in [0.2, 0.25) is 11.1 Å². The number of nitrogens with zero attached hydrogens (tertiary/aromatic N) is 5. The molecule has 22 heavy (non-hydrogen) atoms. The first-order valence-corrected chi connectivity index (χ1v) is 8.10. The molecule has 0 unspecified atom stereocenters. The van der Waals surface area contributed by atoms with Crippen molar-refractivity contribution in [3.63, 3.8) is 0 Å². The molecule has 2 heterocycles. The minimum absolute atomic E-state index is 0.145. The van der Waals surface area contributed by atoms with Crippen molar-refractivity contribution in [1.82, 2.24) is 25.1 Å². The first-order valence-electron chi connectivity index (χ1n) is 7.11. The lowest BCUT2D eigenvalue weighted by Crippen LogP contribution is -2.29. The number of hydrogen-bond donors (Lipinski definition) is 0. The van der Waals surface area contributed by atoms with E-state index in [1.807, 2.05) is 29.2 Å². The molecule has 1 aliphatic heterocycles. The Labute approximate surface area is 132 Å². The lowest BCUT2D eigenvalue weighted by molar-refractivity contribution is -0.127. The van der Waals surface area contributed by atoms with E-state index < -0.39 is 0 Å². The average Bonchev–Trinajstić information content (AvgIpc) is 3.24. The molecule has 1 amide bonds. The fourth-order valence-corrected chi connectivity index (χ4v) is 3.13. The first-order chi connectivity index (χ1) is 10.8. The Hall–Kier alpha value is -2.09. The smallest absolute Gasteiger partial charge is 0.233 e. The summed E-state index contributed by atoms with van der Waals surface area (Å²) in [5.74, 6) is 1.28. The summed E-state index contributed by atoms with van der Waals surface area (Å²) in [6.45, 7) is 1.73. The van der Waals surface area contributed by atoms with Gasteiger partial charge in [0.25, 0.3) is 0 Å². The minimum atomic E-state index is 0.145. The summed E-state index contributed by atoms with van der Waals surface area (Å²) in [4.78, 5) is 14.0. The van der Waals surface area contributed by atoms with Crippen LogP contribution in [0, 0.1) is 0 Å². The van der Waals surface area contributed by atoms with Gasteiger partial charge >= 0.3 is 0 Å². The zero-order valence-electron chi connectivity index (χ0n) is 12.3. The molecule has 0 spiro atoms. The molecule has 0 radical (unpaired) electrons. The molecule has 1 aromatic carbocycles. The molecule has 7 nitrogen and oxygen atoms in total. The van der Waals surface area contributed by atoms with Gasteiger partial charge in [0.05, 0.1) is 18.6 Å². The van der Waals surface area contributed by atoms with Crippen LogP contribution in [0.1, 0.15) is 12.8 Å². The molecule has 0 aliphatic carbocycles. The second-order valence-corrected chi connectivity index (χ2v) is 5.89. The number of thioether (sulfide) groups is 1. The Balaban J connectivity index is 1.67. The van der Waals surface area contributed by atoms with Crippen molar-refractivity contribution in [3.8, 4) is 11.4 Å². The maximum Gasteiger partial charge on any atom is 0.233 e. The Morgan fingerprint density at radius 1 is 1.27 bits per heavy atom. The Morgan fingerprint density at radius 2 is 2.00 bits per heavy atom. The number of rotatable bonds is 5. The zero-order chi connectivity index (χ0) is 15.4. The summed E-state index contributed by atoms with van der Waals surface area (Å²) in [6, 6.07) is 7.45. The lowest BCUT2D eigenvalue weighted by atomic mass is 10.3. The second-order valence-electron chi connectivity index (χ2n) is 4.95. The number of benzene rings is 1. The van der Waals surface area contributed by atoms with Crippen LogP contribution in [0.4, 0.5) is 0 Å². The normalized spacial score (nSPS) is 14.3. The fourth-order valence-electron chi connectivity index (χ4n) is 2.34. The quantitative estimate of drug-likeness (QED) is 0.775. The van der Waals surface area contributed by atoms with Crippen LogP contribution in [0.25, 0.3) is 5.69 Å². The highest BCUT2D eigenvalue weighted by Gasteiger charge is 2.19. The second kappa shape index (κ2) is 6.78. The van der Waals surface area contributed by atoms with Gasteiger partial charge in [-0.1, -0.05) is 11.8 Å². The maximum absolute atomic E-state index is 12.1. The summed E-state index contributed by atoms with van der Waals surface area (Å²) >= 11 is 1.36. The van der Waals surface area contributed by atoms with Crippen molar-refractivity contribution in [1.29, 1.82) is 0 Å². The van der Waals surface area contributed by atoms with Gasteiger partial charge < -0.3 is 9.64 Å². The van der Waals surface area contributed by atoms with Crippen molar-refractivity contribution < 1.29 is 9.53 Å². The summed E-state index contributed by atoms with van der Waals surface area (Å²) in [5, 5.41) is 12.3. The van der Waals surface area contributed by atoms with Crippen LogP contribution in [-0.2, 0) is 4.79 Å². The third-order valence-electron chi connectivity index (χ3n) is 3.54. The molecule has 0 N–H and O–H groups in total. The van der Waals surface area contributed by atoms with E-state index in [0.717, 1.165) is 37.4 Å². The summed E-state index contributed by atoms with van der Waals surface area (Å²) < 4.78 is 6.76. The number of likely N-dealkylation sites (tertiary alicyclic amines) is 1. The van der Waals surface area contributed by atoms with Crippen LogP contribution in [-0.4, -0.2) is 57.0 Å². The highest BCUT2D eigenvalue weighted by atomic mass is 32.2. The number of hydrogen-bond acceptors (Lipinski definition) is 6. The Morgan fingerprint density at radius 3 is 2.68 bits per heavy atom. The van der Waals surface area contributed by atoms with Crippen molar-refractivity contribution in [3.05, 3.63) is 24.3 Å². The lowest BCUT2D eigenvalue weighted by Gasteiger charge is -2.14. The molecule has 1 aliphatic rings. The van der Waals surface area contributed by atoms with E-state index in [-0.39, 0.29) is 5.91 Å². The van der Waals surface area contributed by atoms with Crippen molar-refractivity contribution in [2.45, 2.75) is 18.0 Å². The molecule has 1 saturated heterocycles. The molecule has 3 rings (SSSR count). The summed E-state index contributed by atoms with van der Waals surface area (Å²) in [7, 11) is 1.62. The predicted octanol–water partition coefficient (Wildman–Crippen LogP) is 1.39. The van der Waals surface area contributed by atoms with E-state index in [0.29, 0.717) is 10.9 Å². The van der Waals surface area contributed by atoms with E-state index in [4.69, 9.17) is 4.74 Å². The predicted molar refractivity (Wildman–Crippen MR) is 82.2 cm³/mol. The molecule has 0 saturated carbocycles. The van der Waals surface area contributed by atoms with Gasteiger partial charge in [-0.2, -0.15) is 4.68 Å². The largest absolute Gasteiger partial charge is 0.497 e. The third kappa shape index (κ3) is 3.22. The number of ether oxygens (including phenoxy) is 1. The molecule has 8 heteroatoms. The van der Waals surface area contributed by atoms with Gasteiger partial charge in [0.1, 0.15) is 5.75 Å². The van der Waals surface area contributed by atoms with Crippen LogP contribution >= 0.6 is 11.8 Å². The van der Waals surface area contributed by atoms with E-state index >= 15 is 0 Å². The Kier molecular flexibility index (Phi) is 4.57. The number of amides is 1. The standard InChI is InChI=1S/C14H17N5O2S/c1-21-12-6-4-11(5-7-12)19-14(15-16-17-19)22-10-13(20)18-8-2-3-9-18/h4-7H,2-3,8-10H2,1H3.